The van der Waals surface area contributed by atoms with E-state index in [2.05, 4.69) is 26.1 Å². The van der Waals surface area contributed by atoms with Crippen molar-refractivity contribution in [1.29, 1.82) is 0 Å². The minimum atomic E-state index is -0.846. The van der Waals surface area contributed by atoms with Crippen LogP contribution >= 0.6 is 0 Å². The number of likely N-dealkylation sites (tertiary alicyclic amines) is 1. The van der Waals surface area contributed by atoms with Crippen molar-refractivity contribution in [2.75, 3.05) is 19.6 Å². The van der Waals surface area contributed by atoms with Gasteiger partial charge in [0.05, 0.1) is 24.8 Å². The van der Waals surface area contributed by atoms with Gasteiger partial charge in [-0.05, 0) is 36.2 Å². The Morgan fingerprint density at radius 3 is 2.89 bits per heavy atom. The summed E-state index contributed by atoms with van der Waals surface area (Å²) < 4.78 is 26.9. The average Bonchev–Trinajstić information content (AvgIpc) is 3.12. The maximum Gasteiger partial charge on any atom is 0.234 e. The molecule has 0 saturated carbocycles. The molecule has 6 nitrogen and oxygen atoms in total. The zero-order valence-electron chi connectivity index (χ0n) is 15.4. The largest absolute Gasteiger partial charge is 0.349 e. The fraction of sp³-hybridized carbons (Fsp3) is 0.400. The summed E-state index contributed by atoms with van der Waals surface area (Å²) in [5.41, 5.74) is 7.99. The van der Waals surface area contributed by atoms with Gasteiger partial charge in [-0.15, -0.1) is 0 Å². The summed E-state index contributed by atoms with van der Waals surface area (Å²) >= 11 is 0. The Labute approximate surface area is 162 Å². The lowest BCUT2D eigenvalue weighted by Crippen LogP contribution is -2.48. The van der Waals surface area contributed by atoms with Gasteiger partial charge in [0.1, 0.15) is 0 Å². The van der Waals surface area contributed by atoms with E-state index in [0.29, 0.717) is 25.2 Å². The lowest BCUT2D eigenvalue weighted by molar-refractivity contribution is -0.122. The van der Waals surface area contributed by atoms with Gasteiger partial charge in [-0.25, -0.2) is 14.2 Å². The van der Waals surface area contributed by atoms with Crippen LogP contribution < -0.4 is 16.2 Å². The molecule has 3 atom stereocenters. The number of fused-ring (bicyclic) bond motifs is 1. The zero-order chi connectivity index (χ0) is 19.5. The molecule has 1 aromatic heterocycles. The normalized spacial score (nSPS) is 24.7. The fourth-order valence-corrected chi connectivity index (χ4v) is 4.00. The van der Waals surface area contributed by atoms with Crippen LogP contribution in [0.1, 0.15) is 23.7 Å². The third-order valence-electron chi connectivity index (χ3n) is 5.46. The van der Waals surface area contributed by atoms with Crippen LogP contribution in [0.25, 0.3) is 0 Å². The molecular formula is C20H23F2N5O. The third kappa shape index (κ3) is 4.19. The summed E-state index contributed by atoms with van der Waals surface area (Å²) in [5.74, 6) is -1.57. The standard InChI is InChI=1S/C20H23F2N5O/c21-16-5-4-13(9-17(16)22)20-15-11-27(8-6-18(15)25-26-20)12-19(28)24-10-14-3-1-2-7-23-14/h1-5,7,9,15,18,20,25-26H,6,8,10-12H2,(H,24,28). The highest BCUT2D eigenvalue weighted by atomic mass is 19.2. The van der Waals surface area contributed by atoms with Crippen molar-refractivity contribution in [3.8, 4) is 0 Å². The molecule has 1 amide bonds. The van der Waals surface area contributed by atoms with E-state index in [1.54, 1.807) is 12.3 Å². The number of hydrogen-bond donors (Lipinski definition) is 3. The van der Waals surface area contributed by atoms with Crippen molar-refractivity contribution in [2.24, 2.45) is 5.92 Å². The molecule has 3 unspecified atom stereocenters. The number of nitrogens with zero attached hydrogens (tertiary/aromatic N) is 2. The van der Waals surface area contributed by atoms with E-state index in [0.717, 1.165) is 24.7 Å². The molecule has 4 rings (SSSR count). The molecule has 8 heteroatoms. The number of hydrogen-bond acceptors (Lipinski definition) is 5. The first-order valence-electron chi connectivity index (χ1n) is 9.45. The second-order valence-electron chi connectivity index (χ2n) is 7.33. The number of halogens is 2. The van der Waals surface area contributed by atoms with Gasteiger partial charge >= 0.3 is 0 Å². The first kappa shape index (κ1) is 18.9. The van der Waals surface area contributed by atoms with Gasteiger partial charge in [0.2, 0.25) is 5.91 Å². The van der Waals surface area contributed by atoms with Gasteiger partial charge in [0.15, 0.2) is 11.6 Å². The Morgan fingerprint density at radius 2 is 2.11 bits per heavy atom. The summed E-state index contributed by atoms with van der Waals surface area (Å²) in [7, 11) is 0. The maximum absolute atomic E-state index is 13.6. The number of pyridine rings is 1. The lowest BCUT2D eigenvalue weighted by Gasteiger charge is -2.35. The molecule has 2 saturated heterocycles. The molecule has 2 aromatic rings. The second kappa shape index (κ2) is 8.30. The van der Waals surface area contributed by atoms with E-state index in [1.165, 1.54) is 6.07 Å². The molecule has 0 bridgehead atoms. The molecule has 0 aliphatic carbocycles. The van der Waals surface area contributed by atoms with Crippen LogP contribution in [0.5, 0.6) is 0 Å². The maximum atomic E-state index is 13.6. The first-order chi connectivity index (χ1) is 13.6. The minimum Gasteiger partial charge on any atom is -0.349 e. The average molecular weight is 387 g/mol. The fourth-order valence-electron chi connectivity index (χ4n) is 4.00. The highest BCUT2D eigenvalue weighted by Gasteiger charge is 2.40. The first-order valence-corrected chi connectivity index (χ1v) is 9.45. The molecule has 3 heterocycles. The third-order valence-corrected chi connectivity index (χ3v) is 5.46. The summed E-state index contributed by atoms with van der Waals surface area (Å²) in [5, 5.41) is 2.90. The van der Waals surface area contributed by atoms with Crippen LogP contribution in [0.3, 0.4) is 0 Å². The van der Waals surface area contributed by atoms with Crippen LogP contribution in [0, 0.1) is 17.6 Å². The molecule has 148 valence electrons. The second-order valence-corrected chi connectivity index (χ2v) is 7.33. The van der Waals surface area contributed by atoms with Crippen molar-refractivity contribution in [3.05, 3.63) is 65.5 Å². The Morgan fingerprint density at radius 1 is 1.21 bits per heavy atom. The number of amides is 1. The SMILES string of the molecule is O=C(CN1CCC2NNC(c3ccc(F)c(F)c3)C2C1)NCc1ccccn1. The summed E-state index contributed by atoms with van der Waals surface area (Å²) in [6.07, 6.45) is 2.58. The summed E-state index contributed by atoms with van der Waals surface area (Å²) in [4.78, 5) is 18.6. The van der Waals surface area contributed by atoms with E-state index < -0.39 is 11.6 Å². The predicted octanol–water partition coefficient (Wildman–Crippen LogP) is 1.52. The van der Waals surface area contributed by atoms with Gasteiger partial charge in [0.25, 0.3) is 0 Å². The summed E-state index contributed by atoms with van der Waals surface area (Å²) in [6.45, 7) is 2.21. The molecular weight excluding hydrogens is 364 g/mol. The highest BCUT2D eigenvalue weighted by molar-refractivity contribution is 5.78. The van der Waals surface area contributed by atoms with Gasteiger partial charge in [-0.1, -0.05) is 12.1 Å². The van der Waals surface area contributed by atoms with E-state index in [9.17, 15) is 13.6 Å². The topological polar surface area (TPSA) is 69.3 Å². The van der Waals surface area contributed by atoms with E-state index in [4.69, 9.17) is 0 Å². The number of carbonyl (C=O) groups excluding carboxylic acids is 1. The van der Waals surface area contributed by atoms with Gasteiger partial charge < -0.3 is 5.32 Å². The van der Waals surface area contributed by atoms with Crippen molar-refractivity contribution in [3.63, 3.8) is 0 Å². The molecule has 0 radical (unpaired) electrons. The number of hydrazine groups is 1. The minimum absolute atomic E-state index is 0.0487. The number of benzene rings is 1. The summed E-state index contributed by atoms with van der Waals surface area (Å²) in [6, 6.07) is 9.72. The Balaban J connectivity index is 1.35. The quantitative estimate of drug-likeness (QED) is 0.726. The molecule has 0 spiro atoms. The van der Waals surface area contributed by atoms with Crippen molar-refractivity contribution < 1.29 is 13.6 Å². The van der Waals surface area contributed by atoms with Crippen LogP contribution in [-0.4, -0.2) is 41.5 Å². The predicted molar refractivity (Wildman–Crippen MR) is 99.8 cm³/mol. The van der Waals surface area contributed by atoms with Gasteiger partial charge in [-0.3, -0.25) is 20.1 Å². The number of piperidine rings is 1. The van der Waals surface area contributed by atoms with E-state index >= 15 is 0 Å². The van der Waals surface area contributed by atoms with E-state index in [1.807, 2.05) is 18.2 Å². The molecule has 2 aliphatic heterocycles. The van der Waals surface area contributed by atoms with Crippen molar-refractivity contribution in [2.45, 2.75) is 25.0 Å². The molecule has 28 heavy (non-hydrogen) atoms. The highest BCUT2D eigenvalue weighted by Crippen LogP contribution is 2.34. The van der Waals surface area contributed by atoms with Crippen LogP contribution in [0.4, 0.5) is 8.78 Å². The molecule has 2 fully saturated rings. The Kier molecular flexibility index (Phi) is 5.61. The number of aromatic nitrogens is 1. The van der Waals surface area contributed by atoms with Gasteiger partial charge in [0, 0.05) is 31.2 Å². The molecule has 3 N–H and O–H groups in total. The monoisotopic (exact) mass is 387 g/mol. The van der Waals surface area contributed by atoms with Crippen molar-refractivity contribution in [1.82, 2.24) is 26.1 Å². The smallest absolute Gasteiger partial charge is 0.234 e. The number of carbonyl (C=O) groups is 1. The lowest BCUT2D eigenvalue weighted by atomic mass is 9.85. The van der Waals surface area contributed by atoms with Crippen molar-refractivity contribution >= 4 is 5.91 Å². The molecule has 1 aromatic carbocycles. The van der Waals surface area contributed by atoms with Crippen LogP contribution in [0.2, 0.25) is 0 Å². The zero-order valence-corrected chi connectivity index (χ0v) is 15.4. The number of nitrogens with one attached hydrogen (secondary N) is 3. The number of rotatable bonds is 5. The van der Waals surface area contributed by atoms with Gasteiger partial charge in [-0.2, -0.15) is 0 Å². The Hall–Kier alpha value is -2.42. The van der Waals surface area contributed by atoms with Crippen LogP contribution in [0.15, 0.2) is 42.6 Å². The Bertz CT molecular complexity index is 835. The van der Waals surface area contributed by atoms with E-state index in [-0.39, 0.29) is 23.9 Å². The van der Waals surface area contributed by atoms with Crippen LogP contribution in [-0.2, 0) is 11.3 Å². The molecule has 2 aliphatic rings.